The Kier molecular flexibility index (Phi) is 6.65. The highest BCUT2D eigenvalue weighted by atomic mass is 16.5. The van der Waals surface area contributed by atoms with Crippen molar-refractivity contribution in [1.82, 2.24) is 5.32 Å². The van der Waals surface area contributed by atoms with E-state index in [2.05, 4.69) is 10.6 Å². The highest BCUT2D eigenvalue weighted by molar-refractivity contribution is 5.93. The number of carbonyl (C=O) groups excluding carboxylic acids is 1. The Hall–Kier alpha value is -1.59. The van der Waals surface area contributed by atoms with Crippen LogP contribution in [0.5, 0.6) is 5.75 Å². The number of carbonyl (C=O) groups is 1. The van der Waals surface area contributed by atoms with Crippen LogP contribution in [-0.2, 0) is 9.53 Å². The van der Waals surface area contributed by atoms with Crippen LogP contribution in [-0.4, -0.2) is 38.3 Å². The van der Waals surface area contributed by atoms with Gasteiger partial charge >= 0.3 is 0 Å². The van der Waals surface area contributed by atoms with Crippen molar-refractivity contribution in [2.75, 3.05) is 32.2 Å². The van der Waals surface area contributed by atoms with Crippen molar-refractivity contribution in [3.8, 4) is 5.75 Å². The van der Waals surface area contributed by atoms with Crippen LogP contribution < -0.4 is 15.4 Å². The molecule has 21 heavy (non-hydrogen) atoms. The number of rotatable bonds is 7. The van der Waals surface area contributed by atoms with Crippen molar-refractivity contribution in [1.29, 1.82) is 0 Å². The maximum Gasteiger partial charge on any atom is 0.238 e. The highest BCUT2D eigenvalue weighted by Crippen LogP contribution is 2.25. The molecule has 0 saturated carbocycles. The molecule has 0 radical (unpaired) electrons. The van der Waals surface area contributed by atoms with E-state index in [4.69, 9.17) is 9.47 Å². The monoisotopic (exact) mass is 294 g/mol. The maximum absolute atomic E-state index is 12.0. The van der Waals surface area contributed by atoms with Gasteiger partial charge in [-0.3, -0.25) is 4.79 Å². The first-order chi connectivity index (χ1) is 9.81. The third kappa shape index (κ3) is 7.11. The maximum atomic E-state index is 12.0. The summed E-state index contributed by atoms with van der Waals surface area (Å²) >= 11 is 0. The Balaban J connectivity index is 2.66. The summed E-state index contributed by atoms with van der Waals surface area (Å²) in [6.07, 6.45) is 0. The van der Waals surface area contributed by atoms with E-state index in [1.165, 1.54) is 0 Å². The van der Waals surface area contributed by atoms with Gasteiger partial charge in [0.25, 0.3) is 0 Å². The van der Waals surface area contributed by atoms with E-state index in [9.17, 15) is 4.79 Å². The molecule has 5 heteroatoms. The lowest BCUT2D eigenvalue weighted by molar-refractivity contribution is -0.115. The zero-order chi connectivity index (χ0) is 15.9. The lowest BCUT2D eigenvalue weighted by atomic mass is 10.1. The molecule has 0 aliphatic carbocycles. The molecule has 0 spiro atoms. The van der Waals surface area contributed by atoms with Gasteiger partial charge in [0.15, 0.2) is 0 Å². The van der Waals surface area contributed by atoms with E-state index in [0.29, 0.717) is 24.7 Å². The van der Waals surface area contributed by atoms with Gasteiger partial charge < -0.3 is 20.1 Å². The largest absolute Gasteiger partial charge is 0.489 e. The van der Waals surface area contributed by atoms with E-state index in [1.54, 1.807) is 7.11 Å². The molecule has 0 fully saturated rings. The summed E-state index contributed by atoms with van der Waals surface area (Å²) in [5.74, 6) is 0.571. The second kappa shape index (κ2) is 8.00. The molecule has 1 aromatic rings. The number of benzene rings is 1. The van der Waals surface area contributed by atoms with Crippen LogP contribution in [0.3, 0.4) is 0 Å². The summed E-state index contributed by atoms with van der Waals surface area (Å²) in [6, 6.07) is 5.70. The Bertz CT molecular complexity index is 467. The SMILES string of the molecule is COCCOc1cc(C)ccc1NC(=O)CNC(C)(C)C. The number of anilines is 1. The molecule has 0 aromatic heterocycles. The average Bonchev–Trinajstić information content (AvgIpc) is 2.39. The number of ether oxygens (including phenoxy) is 2. The molecule has 0 aliphatic heterocycles. The Morgan fingerprint density at radius 2 is 1.95 bits per heavy atom. The van der Waals surface area contributed by atoms with Crippen LogP contribution >= 0.6 is 0 Å². The quantitative estimate of drug-likeness (QED) is 0.758. The Labute approximate surface area is 127 Å². The highest BCUT2D eigenvalue weighted by Gasteiger charge is 2.13. The molecule has 1 amide bonds. The third-order valence-corrected chi connectivity index (χ3v) is 2.74. The van der Waals surface area contributed by atoms with Gasteiger partial charge in [-0.05, 0) is 45.4 Å². The molecular formula is C16H26N2O3. The van der Waals surface area contributed by atoms with Crippen LogP contribution in [0.25, 0.3) is 0 Å². The molecule has 0 unspecified atom stereocenters. The first-order valence-electron chi connectivity index (χ1n) is 7.09. The molecule has 1 rings (SSSR count). The van der Waals surface area contributed by atoms with Gasteiger partial charge in [0.2, 0.25) is 5.91 Å². The summed E-state index contributed by atoms with van der Waals surface area (Å²) < 4.78 is 10.6. The first-order valence-corrected chi connectivity index (χ1v) is 7.09. The predicted octanol–water partition coefficient (Wildman–Crippen LogP) is 2.35. The molecule has 118 valence electrons. The number of hydrogen-bond donors (Lipinski definition) is 2. The fourth-order valence-electron chi connectivity index (χ4n) is 1.63. The minimum Gasteiger partial charge on any atom is -0.489 e. The standard InChI is InChI=1S/C16H26N2O3/c1-12-6-7-13(14(10-12)21-9-8-20-5)18-15(19)11-17-16(2,3)4/h6-7,10,17H,8-9,11H2,1-5H3,(H,18,19). The van der Waals surface area contributed by atoms with Crippen molar-refractivity contribution in [2.24, 2.45) is 0 Å². The van der Waals surface area contributed by atoms with Crippen LogP contribution in [0.2, 0.25) is 0 Å². The van der Waals surface area contributed by atoms with Crippen molar-refractivity contribution >= 4 is 11.6 Å². The van der Waals surface area contributed by atoms with Crippen molar-refractivity contribution < 1.29 is 14.3 Å². The van der Waals surface area contributed by atoms with Crippen LogP contribution in [0.4, 0.5) is 5.69 Å². The van der Waals surface area contributed by atoms with Gasteiger partial charge in [-0.1, -0.05) is 6.07 Å². The zero-order valence-corrected chi connectivity index (χ0v) is 13.6. The smallest absolute Gasteiger partial charge is 0.238 e. The van der Waals surface area contributed by atoms with Crippen LogP contribution in [0.1, 0.15) is 26.3 Å². The van der Waals surface area contributed by atoms with Crippen molar-refractivity contribution in [2.45, 2.75) is 33.2 Å². The van der Waals surface area contributed by atoms with Gasteiger partial charge in [0.1, 0.15) is 12.4 Å². The van der Waals surface area contributed by atoms with E-state index in [1.807, 2.05) is 45.9 Å². The van der Waals surface area contributed by atoms with Gasteiger partial charge in [0.05, 0.1) is 18.8 Å². The van der Waals surface area contributed by atoms with E-state index < -0.39 is 0 Å². The normalized spacial score (nSPS) is 11.3. The summed E-state index contributed by atoms with van der Waals surface area (Å²) in [7, 11) is 1.63. The summed E-state index contributed by atoms with van der Waals surface area (Å²) in [5, 5.41) is 6.02. The Morgan fingerprint density at radius 3 is 2.57 bits per heavy atom. The molecule has 0 bridgehead atoms. The summed E-state index contributed by atoms with van der Waals surface area (Å²) in [6.45, 7) is 9.25. The van der Waals surface area contributed by atoms with Gasteiger partial charge in [0, 0.05) is 12.6 Å². The third-order valence-electron chi connectivity index (χ3n) is 2.74. The molecule has 0 saturated heterocycles. The second-order valence-corrected chi connectivity index (χ2v) is 5.99. The molecule has 0 aliphatic rings. The molecule has 2 N–H and O–H groups in total. The fraction of sp³-hybridized carbons (Fsp3) is 0.562. The molecule has 0 atom stereocenters. The zero-order valence-electron chi connectivity index (χ0n) is 13.6. The van der Waals surface area contributed by atoms with E-state index in [0.717, 1.165) is 5.56 Å². The number of amides is 1. The predicted molar refractivity (Wildman–Crippen MR) is 84.9 cm³/mol. The van der Waals surface area contributed by atoms with Crippen molar-refractivity contribution in [3.63, 3.8) is 0 Å². The lowest BCUT2D eigenvalue weighted by Gasteiger charge is -2.20. The first kappa shape index (κ1) is 17.5. The minimum absolute atomic E-state index is 0.0923. The number of methoxy groups -OCH3 is 1. The van der Waals surface area contributed by atoms with Gasteiger partial charge in [-0.15, -0.1) is 0 Å². The topological polar surface area (TPSA) is 59.6 Å². The lowest BCUT2D eigenvalue weighted by Crippen LogP contribution is -2.41. The van der Waals surface area contributed by atoms with Gasteiger partial charge in [-0.2, -0.15) is 0 Å². The molecular weight excluding hydrogens is 268 g/mol. The average molecular weight is 294 g/mol. The molecule has 0 heterocycles. The minimum atomic E-state index is -0.0948. The van der Waals surface area contributed by atoms with Crippen LogP contribution in [0, 0.1) is 6.92 Å². The van der Waals surface area contributed by atoms with Crippen LogP contribution in [0.15, 0.2) is 18.2 Å². The van der Waals surface area contributed by atoms with E-state index >= 15 is 0 Å². The summed E-state index contributed by atoms with van der Waals surface area (Å²) in [4.78, 5) is 12.0. The number of aryl methyl sites for hydroxylation is 1. The van der Waals surface area contributed by atoms with Gasteiger partial charge in [-0.25, -0.2) is 0 Å². The second-order valence-electron chi connectivity index (χ2n) is 5.99. The van der Waals surface area contributed by atoms with Crippen molar-refractivity contribution in [3.05, 3.63) is 23.8 Å². The molecule has 1 aromatic carbocycles. The number of nitrogens with one attached hydrogen (secondary N) is 2. The molecule has 5 nitrogen and oxygen atoms in total. The number of hydrogen-bond acceptors (Lipinski definition) is 4. The Morgan fingerprint density at radius 1 is 1.24 bits per heavy atom. The van der Waals surface area contributed by atoms with E-state index in [-0.39, 0.29) is 18.0 Å². The fourth-order valence-corrected chi connectivity index (χ4v) is 1.63. The summed E-state index contributed by atoms with van der Waals surface area (Å²) in [5.41, 5.74) is 1.66.